The van der Waals surface area contributed by atoms with Crippen LogP contribution in [0.5, 0.6) is 0 Å². The Labute approximate surface area is 222 Å². The summed E-state index contributed by atoms with van der Waals surface area (Å²) in [6.07, 6.45) is 9.85. The van der Waals surface area contributed by atoms with Gasteiger partial charge in [-0.1, -0.05) is 58.3 Å². The number of carbonyl (C=O) groups is 1. The molecule has 0 aromatic carbocycles. The predicted molar refractivity (Wildman–Crippen MR) is 143 cm³/mol. The summed E-state index contributed by atoms with van der Waals surface area (Å²) in [5.41, 5.74) is 0.629. The molecular weight excluding hydrogens is 466 g/mol. The summed E-state index contributed by atoms with van der Waals surface area (Å²) in [6.45, 7) is 13.8. The van der Waals surface area contributed by atoms with Crippen LogP contribution < -0.4 is 0 Å². The summed E-state index contributed by atoms with van der Waals surface area (Å²) in [7, 11) is 1.55. The van der Waals surface area contributed by atoms with Crippen molar-refractivity contribution in [3.63, 3.8) is 0 Å². The summed E-state index contributed by atoms with van der Waals surface area (Å²) < 4.78 is 5.47. The first-order valence-corrected chi connectivity index (χ1v) is 14.5. The average Bonchev–Trinajstić information content (AvgIpc) is 2.83. The van der Waals surface area contributed by atoms with Crippen molar-refractivity contribution in [2.24, 2.45) is 55.4 Å². The van der Waals surface area contributed by atoms with Gasteiger partial charge in [0.1, 0.15) is 0 Å². The number of fused-ring (bicyclic) bond motifs is 7. The van der Waals surface area contributed by atoms with Crippen molar-refractivity contribution in [2.45, 2.75) is 105 Å². The van der Waals surface area contributed by atoms with E-state index in [2.05, 4.69) is 45.9 Å². The van der Waals surface area contributed by atoms with Gasteiger partial charge in [-0.05, 0) is 97.2 Å². The Morgan fingerprint density at radius 2 is 1.70 bits per heavy atom. The third-order valence-electron chi connectivity index (χ3n) is 13.2. The zero-order valence-electron chi connectivity index (χ0n) is 24.1. The predicted octanol–water partition coefficient (Wildman–Crippen LogP) is 5.73. The SMILES string of the molecule is COC(=O)[C@]12CCC(C)(C)C[C@H]1C1=CC[C@@H]3[C@@]4(C)C[C@@H](O)/C(=N\O)[C@](C)(CO)[C@@H]4CC[C@@]3(C)[C@]1(C)CC2. The molecule has 6 nitrogen and oxygen atoms in total. The van der Waals surface area contributed by atoms with Gasteiger partial charge in [0, 0.05) is 5.41 Å². The molecule has 0 heterocycles. The number of aliphatic hydroxyl groups is 2. The number of rotatable bonds is 2. The number of hydrogen-bond donors (Lipinski definition) is 3. The second kappa shape index (κ2) is 8.30. The lowest BCUT2D eigenvalue weighted by Gasteiger charge is -2.71. The van der Waals surface area contributed by atoms with E-state index in [0.29, 0.717) is 18.1 Å². The van der Waals surface area contributed by atoms with Crippen LogP contribution in [0.2, 0.25) is 0 Å². The molecule has 0 unspecified atom stereocenters. The van der Waals surface area contributed by atoms with Crippen LogP contribution in [0.15, 0.2) is 16.8 Å². The van der Waals surface area contributed by atoms with Gasteiger partial charge in [0.2, 0.25) is 0 Å². The molecule has 6 heteroatoms. The van der Waals surface area contributed by atoms with Crippen LogP contribution in [-0.4, -0.2) is 46.9 Å². The van der Waals surface area contributed by atoms with Gasteiger partial charge in [0.15, 0.2) is 0 Å². The maximum absolute atomic E-state index is 13.4. The van der Waals surface area contributed by atoms with Crippen LogP contribution in [0.25, 0.3) is 0 Å². The van der Waals surface area contributed by atoms with E-state index >= 15 is 0 Å². The van der Waals surface area contributed by atoms with Crippen LogP contribution in [-0.2, 0) is 9.53 Å². The molecule has 3 N–H and O–H groups in total. The van der Waals surface area contributed by atoms with Crippen LogP contribution in [0.3, 0.4) is 0 Å². The number of carbonyl (C=O) groups excluding carboxylic acids is 1. The molecule has 37 heavy (non-hydrogen) atoms. The number of aliphatic hydroxyl groups excluding tert-OH is 2. The molecule has 0 bridgehead atoms. The van der Waals surface area contributed by atoms with Gasteiger partial charge in [0.25, 0.3) is 0 Å². The minimum atomic E-state index is -0.860. The van der Waals surface area contributed by atoms with E-state index in [-0.39, 0.29) is 46.1 Å². The number of ether oxygens (including phenoxy) is 1. The molecule has 4 saturated carbocycles. The van der Waals surface area contributed by atoms with E-state index in [4.69, 9.17) is 4.74 Å². The topological polar surface area (TPSA) is 99.4 Å². The Balaban J connectivity index is 1.61. The molecule has 0 saturated heterocycles. The summed E-state index contributed by atoms with van der Waals surface area (Å²) in [5, 5.41) is 35.0. The van der Waals surface area contributed by atoms with Gasteiger partial charge >= 0.3 is 5.97 Å². The molecule has 208 valence electrons. The second-order valence-corrected chi connectivity index (χ2v) is 15.1. The summed E-state index contributed by atoms with van der Waals surface area (Å²) >= 11 is 0. The molecule has 0 aliphatic heterocycles. The maximum atomic E-state index is 13.4. The molecule has 0 spiro atoms. The Morgan fingerprint density at radius 1 is 1.03 bits per heavy atom. The fraction of sp³-hybridized carbons (Fsp3) is 0.871. The lowest BCUT2D eigenvalue weighted by molar-refractivity contribution is -0.188. The number of methoxy groups -OCH3 is 1. The third kappa shape index (κ3) is 3.30. The first-order chi connectivity index (χ1) is 17.2. The fourth-order valence-electron chi connectivity index (χ4n) is 11.0. The van der Waals surface area contributed by atoms with E-state index < -0.39 is 16.9 Å². The number of oxime groups is 1. The van der Waals surface area contributed by atoms with Gasteiger partial charge in [-0.2, -0.15) is 0 Å². The Bertz CT molecular complexity index is 1030. The highest BCUT2D eigenvalue weighted by Gasteiger charge is 2.70. The van der Waals surface area contributed by atoms with Crippen LogP contribution in [0.4, 0.5) is 0 Å². The van der Waals surface area contributed by atoms with Gasteiger partial charge in [0.05, 0.1) is 30.9 Å². The average molecular weight is 516 g/mol. The molecule has 5 aliphatic rings. The van der Waals surface area contributed by atoms with Crippen molar-refractivity contribution in [1.82, 2.24) is 0 Å². The third-order valence-corrected chi connectivity index (χ3v) is 13.2. The Hall–Kier alpha value is -1.40. The van der Waals surface area contributed by atoms with Crippen LogP contribution in [0, 0.1) is 50.2 Å². The Morgan fingerprint density at radius 3 is 2.32 bits per heavy atom. The lowest BCUT2D eigenvalue weighted by atomic mass is 9.33. The highest BCUT2D eigenvalue weighted by atomic mass is 16.5. The second-order valence-electron chi connectivity index (χ2n) is 15.1. The smallest absolute Gasteiger partial charge is 0.312 e. The molecule has 0 radical (unpaired) electrons. The molecule has 5 rings (SSSR count). The lowest BCUT2D eigenvalue weighted by Crippen LogP contribution is -2.67. The van der Waals surface area contributed by atoms with Crippen molar-refractivity contribution in [1.29, 1.82) is 0 Å². The standard InChI is InChI=1S/C31H49NO5/c1-26(2)12-14-31(25(35)37-7)15-13-29(5)19(20(31)16-26)8-9-23-27(3)17-21(34)24(32-36)28(4,18-33)22(27)10-11-30(23,29)6/h8,20-23,33-34,36H,9-18H2,1-7H3/b32-24+/t20-,21+,22+,23+,27-,28+,29+,30+,31-/m0/s1. The molecular formula is C31H49NO5. The van der Waals surface area contributed by atoms with Crippen LogP contribution in [0.1, 0.15) is 99.3 Å². The Kier molecular flexibility index (Phi) is 6.10. The summed E-state index contributed by atoms with van der Waals surface area (Å²) in [6, 6.07) is 0. The monoisotopic (exact) mass is 515 g/mol. The molecule has 5 aliphatic carbocycles. The number of nitrogens with zero attached hydrogens (tertiary/aromatic N) is 1. The highest BCUT2D eigenvalue weighted by Crippen LogP contribution is 2.75. The highest BCUT2D eigenvalue weighted by molar-refractivity contribution is 5.94. The van der Waals surface area contributed by atoms with Crippen molar-refractivity contribution in [2.75, 3.05) is 13.7 Å². The van der Waals surface area contributed by atoms with Gasteiger partial charge in [-0.3, -0.25) is 4.79 Å². The van der Waals surface area contributed by atoms with Crippen molar-refractivity contribution in [3.05, 3.63) is 11.6 Å². The fourth-order valence-corrected chi connectivity index (χ4v) is 11.0. The first kappa shape index (κ1) is 27.2. The molecule has 0 amide bonds. The minimum absolute atomic E-state index is 0.0101. The maximum Gasteiger partial charge on any atom is 0.312 e. The molecule has 4 fully saturated rings. The van der Waals surface area contributed by atoms with Gasteiger partial charge in [-0.25, -0.2) is 0 Å². The van der Waals surface area contributed by atoms with Gasteiger partial charge < -0.3 is 20.2 Å². The zero-order valence-corrected chi connectivity index (χ0v) is 24.1. The van der Waals surface area contributed by atoms with Crippen molar-refractivity contribution < 1.29 is 25.0 Å². The normalized spacial score (nSPS) is 51.7. The number of esters is 1. The summed E-state index contributed by atoms with van der Waals surface area (Å²) in [4.78, 5) is 13.4. The van der Waals surface area contributed by atoms with E-state index in [9.17, 15) is 20.2 Å². The van der Waals surface area contributed by atoms with Crippen LogP contribution >= 0.6 is 0 Å². The van der Waals surface area contributed by atoms with Gasteiger partial charge in [-0.15, -0.1) is 0 Å². The minimum Gasteiger partial charge on any atom is -0.469 e. The van der Waals surface area contributed by atoms with Crippen molar-refractivity contribution in [3.8, 4) is 0 Å². The van der Waals surface area contributed by atoms with E-state index in [1.54, 1.807) is 7.11 Å². The number of hydrogen-bond acceptors (Lipinski definition) is 6. The first-order valence-electron chi connectivity index (χ1n) is 14.5. The quantitative estimate of drug-likeness (QED) is 0.189. The van der Waals surface area contributed by atoms with E-state index in [0.717, 1.165) is 51.4 Å². The summed E-state index contributed by atoms with van der Waals surface area (Å²) in [5.74, 6) is 0.639. The molecule has 0 aromatic rings. The van der Waals surface area contributed by atoms with E-state index in [1.807, 2.05) is 6.92 Å². The molecule has 9 atom stereocenters. The molecule has 0 aromatic heterocycles. The number of allylic oxidation sites excluding steroid dienone is 2. The largest absolute Gasteiger partial charge is 0.469 e. The zero-order chi connectivity index (χ0) is 27.2. The van der Waals surface area contributed by atoms with Crippen molar-refractivity contribution >= 4 is 11.7 Å². The van der Waals surface area contributed by atoms with E-state index in [1.165, 1.54) is 5.57 Å².